The summed E-state index contributed by atoms with van der Waals surface area (Å²) in [6.45, 7) is 1.53. The fourth-order valence-electron chi connectivity index (χ4n) is 1.67. The molecule has 1 aromatic heterocycles. The third-order valence-corrected chi connectivity index (χ3v) is 3.03. The highest BCUT2D eigenvalue weighted by Gasteiger charge is 2.06. The van der Waals surface area contributed by atoms with Gasteiger partial charge in [0.15, 0.2) is 0 Å². The lowest BCUT2D eigenvalue weighted by Gasteiger charge is -2.03. The highest BCUT2D eigenvalue weighted by molar-refractivity contribution is 9.10. The maximum atomic E-state index is 13.0. The third kappa shape index (κ3) is 2.06. The van der Waals surface area contributed by atoms with Crippen LogP contribution in [0.4, 0.5) is 4.39 Å². The van der Waals surface area contributed by atoms with Gasteiger partial charge in [-0.05, 0) is 47.1 Å². The molecule has 0 saturated carbocycles. The van der Waals surface area contributed by atoms with Crippen LogP contribution in [0.2, 0.25) is 0 Å². The second kappa shape index (κ2) is 4.33. The van der Waals surface area contributed by atoms with Crippen LogP contribution in [0.15, 0.2) is 28.9 Å². The van der Waals surface area contributed by atoms with Crippen molar-refractivity contribution in [3.05, 3.63) is 34.7 Å². The molecule has 1 aromatic carbocycles. The molecule has 0 unspecified atom stereocenters. The molecule has 4 heteroatoms. The van der Waals surface area contributed by atoms with E-state index in [-0.39, 0.29) is 5.82 Å². The second-order valence-corrected chi connectivity index (χ2v) is 4.33. The van der Waals surface area contributed by atoms with Crippen molar-refractivity contribution in [1.29, 1.82) is 0 Å². The molecule has 2 nitrogen and oxygen atoms in total. The number of halogens is 2. The zero-order valence-corrected chi connectivity index (χ0v) is 9.80. The number of aromatic nitrogens is 1. The fraction of sp³-hybridized carbons (Fsp3) is 0.273. The van der Waals surface area contributed by atoms with Gasteiger partial charge in [0, 0.05) is 28.1 Å². The molecule has 0 fully saturated rings. The van der Waals surface area contributed by atoms with Crippen LogP contribution in [0.5, 0.6) is 0 Å². The lowest BCUT2D eigenvalue weighted by Crippen LogP contribution is -2.04. The highest BCUT2D eigenvalue weighted by atomic mass is 79.9. The highest BCUT2D eigenvalue weighted by Crippen LogP contribution is 2.26. The summed E-state index contributed by atoms with van der Waals surface area (Å²) in [6.07, 6.45) is 2.90. The normalized spacial score (nSPS) is 11.1. The summed E-state index contributed by atoms with van der Waals surface area (Å²) in [4.78, 5) is 0. The van der Waals surface area contributed by atoms with Crippen molar-refractivity contribution in [3.8, 4) is 0 Å². The monoisotopic (exact) mass is 270 g/mol. The Bertz CT molecular complexity index is 479. The third-order valence-electron chi connectivity index (χ3n) is 2.40. The maximum Gasteiger partial charge on any atom is 0.123 e. The second-order valence-electron chi connectivity index (χ2n) is 3.47. The maximum absolute atomic E-state index is 13.0. The molecule has 0 bridgehead atoms. The zero-order chi connectivity index (χ0) is 10.8. The number of hydrogen-bond acceptors (Lipinski definition) is 1. The van der Waals surface area contributed by atoms with Crippen molar-refractivity contribution in [3.63, 3.8) is 0 Å². The van der Waals surface area contributed by atoms with Crippen LogP contribution in [0.25, 0.3) is 10.9 Å². The Balaban J connectivity index is 2.48. The van der Waals surface area contributed by atoms with Crippen LogP contribution in [-0.2, 0) is 6.54 Å². The van der Waals surface area contributed by atoms with E-state index in [9.17, 15) is 4.39 Å². The van der Waals surface area contributed by atoms with Gasteiger partial charge in [-0.1, -0.05) is 0 Å². The molecule has 15 heavy (non-hydrogen) atoms. The molecule has 0 saturated heterocycles. The quantitative estimate of drug-likeness (QED) is 0.914. The van der Waals surface area contributed by atoms with E-state index in [0.29, 0.717) is 6.54 Å². The Morgan fingerprint density at radius 2 is 2.20 bits per heavy atom. The number of hydrogen-bond donors (Lipinski definition) is 1. The summed E-state index contributed by atoms with van der Waals surface area (Å²) in [5.41, 5.74) is 6.50. The molecule has 2 N–H and O–H groups in total. The molecular weight excluding hydrogens is 259 g/mol. The van der Waals surface area contributed by atoms with Gasteiger partial charge in [0.25, 0.3) is 0 Å². The molecule has 0 spiro atoms. The van der Waals surface area contributed by atoms with Gasteiger partial charge in [-0.3, -0.25) is 0 Å². The van der Waals surface area contributed by atoms with Crippen molar-refractivity contribution in [2.24, 2.45) is 5.73 Å². The van der Waals surface area contributed by atoms with Gasteiger partial charge in [0.1, 0.15) is 5.82 Å². The van der Waals surface area contributed by atoms with E-state index in [2.05, 4.69) is 20.5 Å². The minimum absolute atomic E-state index is 0.209. The first-order valence-electron chi connectivity index (χ1n) is 4.86. The molecule has 0 radical (unpaired) electrons. The molecule has 80 valence electrons. The van der Waals surface area contributed by atoms with Crippen LogP contribution in [0.3, 0.4) is 0 Å². The average molecular weight is 271 g/mol. The van der Waals surface area contributed by atoms with Crippen LogP contribution in [-0.4, -0.2) is 11.1 Å². The number of nitrogens with two attached hydrogens (primary N) is 1. The van der Waals surface area contributed by atoms with Crippen molar-refractivity contribution in [2.75, 3.05) is 6.54 Å². The summed E-state index contributed by atoms with van der Waals surface area (Å²) in [7, 11) is 0. The topological polar surface area (TPSA) is 30.9 Å². The van der Waals surface area contributed by atoms with Crippen molar-refractivity contribution >= 4 is 26.8 Å². The lowest BCUT2D eigenvalue weighted by molar-refractivity contribution is 0.629. The predicted octanol–water partition coefficient (Wildman–Crippen LogP) is 2.89. The fourth-order valence-corrected chi connectivity index (χ4v) is 2.24. The van der Waals surface area contributed by atoms with E-state index in [4.69, 9.17) is 5.73 Å². The first-order chi connectivity index (χ1) is 7.22. The van der Waals surface area contributed by atoms with Gasteiger partial charge in [0.2, 0.25) is 0 Å². The summed E-state index contributed by atoms with van der Waals surface area (Å²) in [6, 6.07) is 4.82. The largest absolute Gasteiger partial charge is 0.346 e. The number of aryl methyl sites for hydroxylation is 1. The Morgan fingerprint density at radius 3 is 2.93 bits per heavy atom. The van der Waals surface area contributed by atoms with E-state index in [1.807, 2.05) is 6.20 Å². The predicted molar refractivity (Wildman–Crippen MR) is 63.3 cm³/mol. The van der Waals surface area contributed by atoms with Gasteiger partial charge in [0.05, 0.1) is 0 Å². The van der Waals surface area contributed by atoms with Crippen LogP contribution in [0.1, 0.15) is 6.42 Å². The van der Waals surface area contributed by atoms with Crippen molar-refractivity contribution in [2.45, 2.75) is 13.0 Å². The molecule has 0 aliphatic carbocycles. The Hall–Kier alpha value is -0.870. The average Bonchev–Trinajstić information content (AvgIpc) is 2.53. The molecule has 2 aromatic rings. The molecule has 0 amide bonds. The standard InChI is InChI=1S/C11H12BrFN2/c12-10-7-15(5-1-4-14)11-3-2-8(13)6-9(10)11/h2-3,6-7H,1,4-5,14H2. The summed E-state index contributed by atoms with van der Waals surface area (Å²) < 4.78 is 16.0. The Kier molecular flexibility index (Phi) is 3.07. The summed E-state index contributed by atoms with van der Waals surface area (Å²) in [5, 5.41) is 0.909. The van der Waals surface area contributed by atoms with E-state index < -0.39 is 0 Å². The zero-order valence-electron chi connectivity index (χ0n) is 8.21. The lowest BCUT2D eigenvalue weighted by atomic mass is 10.2. The number of rotatable bonds is 3. The smallest absolute Gasteiger partial charge is 0.123 e. The van der Waals surface area contributed by atoms with E-state index in [0.717, 1.165) is 28.3 Å². The van der Waals surface area contributed by atoms with E-state index in [1.165, 1.54) is 6.07 Å². The van der Waals surface area contributed by atoms with E-state index >= 15 is 0 Å². The van der Waals surface area contributed by atoms with E-state index in [1.54, 1.807) is 12.1 Å². The molecule has 0 aliphatic heterocycles. The molecule has 0 atom stereocenters. The first-order valence-corrected chi connectivity index (χ1v) is 5.65. The van der Waals surface area contributed by atoms with Crippen LogP contribution >= 0.6 is 15.9 Å². The van der Waals surface area contributed by atoms with Crippen LogP contribution < -0.4 is 5.73 Å². The van der Waals surface area contributed by atoms with Crippen LogP contribution in [0, 0.1) is 5.82 Å². The van der Waals surface area contributed by atoms with Crippen molar-refractivity contribution < 1.29 is 4.39 Å². The first kappa shape index (κ1) is 10.6. The molecule has 1 heterocycles. The number of fused-ring (bicyclic) bond motifs is 1. The van der Waals surface area contributed by atoms with Gasteiger partial charge >= 0.3 is 0 Å². The SMILES string of the molecule is NCCCn1cc(Br)c2cc(F)ccc21. The minimum atomic E-state index is -0.209. The Morgan fingerprint density at radius 1 is 1.40 bits per heavy atom. The van der Waals surface area contributed by atoms with Crippen molar-refractivity contribution in [1.82, 2.24) is 4.57 Å². The van der Waals surface area contributed by atoms with Gasteiger partial charge in [-0.25, -0.2) is 4.39 Å². The molecule has 2 rings (SSSR count). The van der Waals surface area contributed by atoms with Gasteiger partial charge in [-0.15, -0.1) is 0 Å². The molecular formula is C11H12BrFN2. The Labute approximate surface area is 96.0 Å². The van der Waals surface area contributed by atoms with Gasteiger partial charge in [-0.2, -0.15) is 0 Å². The minimum Gasteiger partial charge on any atom is -0.346 e. The van der Waals surface area contributed by atoms with Gasteiger partial charge < -0.3 is 10.3 Å². The summed E-state index contributed by atoms with van der Waals surface area (Å²) >= 11 is 3.43. The summed E-state index contributed by atoms with van der Waals surface area (Å²) in [5.74, 6) is -0.209. The molecule has 0 aliphatic rings. The number of nitrogens with zero attached hydrogens (tertiary/aromatic N) is 1. The number of benzene rings is 1.